The Labute approximate surface area is 104 Å². The first-order chi connectivity index (χ1) is 8.24. The SMILES string of the molecule is CCc1nc(NN)c(C)c(Nc2ccsc2)n1. The molecule has 0 fully saturated rings. The van der Waals surface area contributed by atoms with Gasteiger partial charge in [-0.1, -0.05) is 6.92 Å². The Morgan fingerprint density at radius 1 is 1.35 bits per heavy atom. The van der Waals surface area contributed by atoms with E-state index in [9.17, 15) is 0 Å². The van der Waals surface area contributed by atoms with Crippen molar-refractivity contribution < 1.29 is 0 Å². The van der Waals surface area contributed by atoms with Gasteiger partial charge in [-0.2, -0.15) is 11.3 Å². The summed E-state index contributed by atoms with van der Waals surface area (Å²) in [5, 5.41) is 7.31. The van der Waals surface area contributed by atoms with Crippen LogP contribution in [0.4, 0.5) is 17.3 Å². The first-order valence-electron chi connectivity index (χ1n) is 5.38. The Balaban J connectivity index is 2.38. The monoisotopic (exact) mass is 249 g/mol. The number of hydrogen-bond acceptors (Lipinski definition) is 6. The minimum Gasteiger partial charge on any atom is -0.339 e. The van der Waals surface area contributed by atoms with Crippen molar-refractivity contribution in [3.05, 3.63) is 28.2 Å². The number of nitrogen functional groups attached to an aromatic ring is 1. The maximum absolute atomic E-state index is 5.45. The summed E-state index contributed by atoms with van der Waals surface area (Å²) >= 11 is 1.64. The van der Waals surface area contributed by atoms with E-state index in [0.29, 0.717) is 5.82 Å². The van der Waals surface area contributed by atoms with Gasteiger partial charge in [-0.25, -0.2) is 15.8 Å². The number of aryl methyl sites for hydroxylation is 1. The van der Waals surface area contributed by atoms with Crippen molar-refractivity contribution in [2.24, 2.45) is 5.84 Å². The topological polar surface area (TPSA) is 75.9 Å². The molecule has 0 saturated heterocycles. The van der Waals surface area contributed by atoms with E-state index in [-0.39, 0.29) is 0 Å². The fraction of sp³-hybridized carbons (Fsp3) is 0.273. The van der Waals surface area contributed by atoms with Crippen molar-refractivity contribution in [3.63, 3.8) is 0 Å². The Kier molecular flexibility index (Phi) is 3.55. The number of hydrazine groups is 1. The van der Waals surface area contributed by atoms with Gasteiger partial charge in [-0.15, -0.1) is 0 Å². The maximum atomic E-state index is 5.45. The summed E-state index contributed by atoms with van der Waals surface area (Å²) in [6.45, 7) is 3.95. The zero-order valence-corrected chi connectivity index (χ0v) is 10.6. The van der Waals surface area contributed by atoms with Crippen LogP contribution in [-0.2, 0) is 6.42 Å². The van der Waals surface area contributed by atoms with Crippen molar-refractivity contribution in [3.8, 4) is 0 Å². The van der Waals surface area contributed by atoms with E-state index in [2.05, 4.69) is 20.7 Å². The number of hydrogen-bond donors (Lipinski definition) is 3. The van der Waals surface area contributed by atoms with E-state index in [0.717, 1.165) is 29.3 Å². The van der Waals surface area contributed by atoms with Gasteiger partial charge in [-0.3, -0.25) is 0 Å². The third kappa shape index (κ3) is 2.54. The first kappa shape index (κ1) is 11.8. The second-order valence-corrected chi connectivity index (χ2v) is 4.38. The summed E-state index contributed by atoms with van der Waals surface area (Å²) in [7, 11) is 0. The van der Waals surface area contributed by atoms with Crippen LogP contribution in [-0.4, -0.2) is 9.97 Å². The van der Waals surface area contributed by atoms with Crippen LogP contribution in [0.15, 0.2) is 16.8 Å². The molecule has 0 radical (unpaired) electrons. The molecular weight excluding hydrogens is 234 g/mol. The summed E-state index contributed by atoms with van der Waals surface area (Å²) in [4.78, 5) is 8.78. The molecular formula is C11H15N5S. The lowest BCUT2D eigenvalue weighted by atomic mass is 10.3. The third-order valence-corrected chi connectivity index (χ3v) is 3.11. The van der Waals surface area contributed by atoms with E-state index < -0.39 is 0 Å². The number of rotatable bonds is 4. The van der Waals surface area contributed by atoms with E-state index in [1.807, 2.05) is 30.7 Å². The van der Waals surface area contributed by atoms with Gasteiger partial charge in [0.2, 0.25) is 0 Å². The van der Waals surface area contributed by atoms with Gasteiger partial charge in [0, 0.05) is 17.4 Å². The molecule has 0 aromatic carbocycles. The van der Waals surface area contributed by atoms with Crippen LogP contribution < -0.4 is 16.6 Å². The molecule has 0 aliphatic rings. The van der Waals surface area contributed by atoms with Crippen molar-refractivity contribution in [1.82, 2.24) is 9.97 Å². The molecule has 90 valence electrons. The molecule has 2 heterocycles. The molecule has 4 N–H and O–H groups in total. The van der Waals surface area contributed by atoms with E-state index in [4.69, 9.17) is 5.84 Å². The smallest absolute Gasteiger partial charge is 0.148 e. The van der Waals surface area contributed by atoms with E-state index in [1.54, 1.807) is 11.3 Å². The number of nitrogens with two attached hydrogens (primary N) is 1. The molecule has 2 aromatic heterocycles. The van der Waals surface area contributed by atoms with Crippen LogP contribution in [0.2, 0.25) is 0 Å². The van der Waals surface area contributed by atoms with Crippen molar-refractivity contribution in [1.29, 1.82) is 0 Å². The van der Waals surface area contributed by atoms with Crippen molar-refractivity contribution in [2.45, 2.75) is 20.3 Å². The quantitative estimate of drug-likeness (QED) is 0.573. The minimum absolute atomic E-state index is 0.662. The van der Waals surface area contributed by atoms with Crippen LogP contribution in [0.25, 0.3) is 0 Å². The molecule has 0 spiro atoms. The average molecular weight is 249 g/mol. The zero-order chi connectivity index (χ0) is 12.3. The fourth-order valence-corrected chi connectivity index (χ4v) is 2.04. The highest BCUT2D eigenvalue weighted by atomic mass is 32.1. The van der Waals surface area contributed by atoms with Gasteiger partial charge in [-0.05, 0) is 18.4 Å². The summed E-state index contributed by atoms with van der Waals surface area (Å²) in [5.74, 6) is 7.67. The maximum Gasteiger partial charge on any atom is 0.148 e. The standard InChI is InChI=1S/C11H15N5S/c1-3-9-14-10(7(2)11(15-9)16-12)13-8-4-5-17-6-8/h4-6H,3,12H2,1-2H3,(H2,13,14,15,16). The largest absolute Gasteiger partial charge is 0.339 e. The second kappa shape index (κ2) is 5.11. The van der Waals surface area contributed by atoms with Gasteiger partial charge >= 0.3 is 0 Å². The molecule has 0 atom stereocenters. The molecule has 2 aromatic rings. The van der Waals surface area contributed by atoms with Gasteiger partial charge in [0.15, 0.2) is 0 Å². The molecule has 0 saturated carbocycles. The lowest BCUT2D eigenvalue weighted by Crippen LogP contribution is -2.13. The average Bonchev–Trinajstić information content (AvgIpc) is 2.84. The van der Waals surface area contributed by atoms with Crippen LogP contribution in [0, 0.1) is 6.92 Å². The predicted molar refractivity (Wildman–Crippen MR) is 71.6 cm³/mol. The number of aromatic nitrogens is 2. The number of nitrogens with one attached hydrogen (secondary N) is 2. The van der Waals surface area contributed by atoms with Crippen molar-refractivity contribution in [2.75, 3.05) is 10.7 Å². The minimum atomic E-state index is 0.662. The zero-order valence-electron chi connectivity index (χ0n) is 9.82. The Bertz CT molecular complexity index is 495. The molecule has 5 nitrogen and oxygen atoms in total. The molecule has 17 heavy (non-hydrogen) atoms. The lowest BCUT2D eigenvalue weighted by molar-refractivity contribution is 0.932. The first-order valence-corrected chi connectivity index (χ1v) is 6.32. The van der Waals surface area contributed by atoms with E-state index >= 15 is 0 Å². The third-order valence-electron chi connectivity index (χ3n) is 2.43. The molecule has 2 rings (SSSR count). The highest BCUT2D eigenvalue weighted by Gasteiger charge is 2.09. The normalized spacial score (nSPS) is 10.3. The van der Waals surface area contributed by atoms with Gasteiger partial charge in [0.25, 0.3) is 0 Å². The Morgan fingerprint density at radius 3 is 2.71 bits per heavy atom. The number of anilines is 3. The number of nitrogens with zero attached hydrogens (tertiary/aromatic N) is 2. The molecule has 0 aliphatic heterocycles. The lowest BCUT2D eigenvalue weighted by Gasteiger charge is -2.12. The Morgan fingerprint density at radius 2 is 2.12 bits per heavy atom. The highest BCUT2D eigenvalue weighted by Crippen LogP contribution is 2.24. The summed E-state index contributed by atoms with van der Waals surface area (Å²) in [6.07, 6.45) is 0.771. The molecule has 0 bridgehead atoms. The van der Waals surface area contributed by atoms with Crippen LogP contribution in [0.1, 0.15) is 18.3 Å². The van der Waals surface area contributed by atoms with Crippen molar-refractivity contribution >= 4 is 28.7 Å². The van der Waals surface area contributed by atoms with Crippen LogP contribution >= 0.6 is 11.3 Å². The Hall–Kier alpha value is -1.66. The summed E-state index contributed by atoms with van der Waals surface area (Å²) < 4.78 is 0. The highest BCUT2D eigenvalue weighted by molar-refractivity contribution is 7.08. The summed E-state index contributed by atoms with van der Waals surface area (Å²) in [6, 6.07) is 2.01. The molecule has 0 unspecified atom stereocenters. The molecule has 0 aliphatic carbocycles. The van der Waals surface area contributed by atoms with Gasteiger partial charge in [0.1, 0.15) is 17.5 Å². The molecule has 6 heteroatoms. The fourth-order valence-electron chi connectivity index (χ4n) is 1.46. The van der Waals surface area contributed by atoms with Crippen LogP contribution in [0.3, 0.4) is 0 Å². The molecule has 0 amide bonds. The number of thiophene rings is 1. The van der Waals surface area contributed by atoms with Gasteiger partial charge < -0.3 is 10.7 Å². The second-order valence-electron chi connectivity index (χ2n) is 3.60. The summed E-state index contributed by atoms with van der Waals surface area (Å²) in [5.41, 5.74) is 4.54. The van der Waals surface area contributed by atoms with E-state index in [1.165, 1.54) is 0 Å². The van der Waals surface area contributed by atoms with Gasteiger partial charge in [0.05, 0.1) is 5.69 Å². The predicted octanol–water partition coefficient (Wildman–Crippen LogP) is 2.44. The van der Waals surface area contributed by atoms with Crippen LogP contribution in [0.5, 0.6) is 0 Å².